The van der Waals surface area contributed by atoms with Crippen LogP contribution in [0, 0.1) is 16.7 Å². The highest BCUT2D eigenvalue weighted by atomic mass is 16.5. The van der Waals surface area contributed by atoms with E-state index in [4.69, 9.17) is 14.5 Å². The third kappa shape index (κ3) is 2.45. The maximum Gasteiger partial charge on any atom is 0.227 e. The molecule has 2 fully saturated rings. The maximum atomic E-state index is 8.93. The minimum Gasteiger partial charge on any atom is -0.374 e. The molecule has 2 aliphatic rings. The molecule has 0 aromatic carbocycles. The zero-order valence-electron chi connectivity index (χ0n) is 12.1. The van der Waals surface area contributed by atoms with Crippen molar-refractivity contribution in [3.05, 3.63) is 11.7 Å². The number of hydrogen-bond acceptors (Lipinski definition) is 5. The van der Waals surface area contributed by atoms with Crippen molar-refractivity contribution in [3.8, 4) is 6.07 Å². The van der Waals surface area contributed by atoms with Crippen LogP contribution in [0.2, 0.25) is 0 Å². The Balaban J connectivity index is 1.69. The van der Waals surface area contributed by atoms with E-state index in [9.17, 15) is 0 Å². The predicted octanol–water partition coefficient (Wildman–Crippen LogP) is 2.98. The summed E-state index contributed by atoms with van der Waals surface area (Å²) in [6.07, 6.45) is 6.09. The van der Waals surface area contributed by atoms with Crippen molar-refractivity contribution in [2.75, 3.05) is 0 Å². The van der Waals surface area contributed by atoms with Crippen LogP contribution in [-0.2, 0) is 11.2 Å². The van der Waals surface area contributed by atoms with Crippen LogP contribution in [0.25, 0.3) is 0 Å². The molecule has 2 aliphatic heterocycles. The molecule has 5 heteroatoms. The van der Waals surface area contributed by atoms with Gasteiger partial charge in [-0.2, -0.15) is 10.2 Å². The average Bonchev–Trinajstić information content (AvgIpc) is 3.14. The molecular formula is C15H21N3O2. The van der Waals surface area contributed by atoms with Gasteiger partial charge in [0.1, 0.15) is 0 Å². The Hall–Kier alpha value is -1.41. The highest BCUT2D eigenvalue weighted by Gasteiger charge is 2.43. The largest absolute Gasteiger partial charge is 0.374 e. The number of nitriles is 1. The summed E-state index contributed by atoms with van der Waals surface area (Å²) in [5, 5.41) is 13.1. The molecule has 0 spiro atoms. The summed E-state index contributed by atoms with van der Waals surface area (Å²) in [5.41, 5.74) is -0.0796. The van der Waals surface area contributed by atoms with Crippen molar-refractivity contribution in [2.24, 2.45) is 5.41 Å². The van der Waals surface area contributed by atoms with E-state index in [1.807, 2.05) is 0 Å². The van der Waals surface area contributed by atoms with E-state index in [-0.39, 0.29) is 11.5 Å². The first-order valence-corrected chi connectivity index (χ1v) is 7.48. The van der Waals surface area contributed by atoms with Crippen molar-refractivity contribution in [3.63, 3.8) is 0 Å². The molecule has 3 heterocycles. The van der Waals surface area contributed by atoms with Gasteiger partial charge in [0, 0.05) is 12.8 Å². The molecule has 1 aromatic rings. The fourth-order valence-electron chi connectivity index (χ4n) is 3.27. The molecule has 0 saturated carbocycles. The predicted molar refractivity (Wildman–Crippen MR) is 71.9 cm³/mol. The van der Waals surface area contributed by atoms with Crippen LogP contribution in [-0.4, -0.2) is 22.3 Å². The van der Waals surface area contributed by atoms with Crippen LogP contribution in [0.15, 0.2) is 4.52 Å². The van der Waals surface area contributed by atoms with E-state index in [1.165, 1.54) is 6.42 Å². The second-order valence-corrected chi connectivity index (χ2v) is 6.44. The van der Waals surface area contributed by atoms with Gasteiger partial charge in [0.15, 0.2) is 5.82 Å². The number of rotatable bonds is 5. The molecule has 0 radical (unpaired) electrons. The molecule has 0 N–H and O–H groups in total. The quantitative estimate of drug-likeness (QED) is 0.826. The molecule has 20 heavy (non-hydrogen) atoms. The Kier molecular flexibility index (Phi) is 3.51. The van der Waals surface area contributed by atoms with Gasteiger partial charge < -0.3 is 9.26 Å². The van der Waals surface area contributed by atoms with Gasteiger partial charge in [-0.05, 0) is 31.1 Å². The van der Waals surface area contributed by atoms with Crippen molar-refractivity contribution in [2.45, 2.75) is 70.5 Å². The van der Waals surface area contributed by atoms with E-state index in [0.29, 0.717) is 30.8 Å². The van der Waals surface area contributed by atoms with E-state index in [0.717, 1.165) is 25.1 Å². The Morgan fingerprint density at radius 1 is 1.45 bits per heavy atom. The molecule has 1 aromatic heterocycles. The van der Waals surface area contributed by atoms with Gasteiger partial charge in [0.25, 0.3) is 0 Å². The summed E-state index contributed by atoms with van der Waals surface area (Å²) in [6, 6.07) is 2.25. The Morgan fingerprint density at radius 3 is 2.90 bits per heavy atom. The van der Waals surface area contributed by atoms with Crippen LogP contribution < -0.4 is 0 Å². The van der Waals surface area contributed by atoms with Gasteiger partial charge in [-0.25, -0.2) is 0 Å². The molecule has 0 amide bonds. The first-order chi connectivity index (χ1) is 9.63. The van der Waals surface area contributed by atoms with Crippen molar-refractivity contribution < 1.29 is 9.26 Å². The minimum absolute atomic E-state index is 0.0796. The number of fused-ring (bicyclic) bond motifs is 2. The standard InChI is InChI=1S/C15H21N3O2/c1-3-15(2,6-7-16)9-13-17-14(18-20-13)11-8-10-4-5-12(11)19-10/h10-12H,3-6,8-9H2,1-2H3. The highest BCUT2D eigenvalue weighted by molar-refractivity contribution is 5.07. The zero-order valence-corrected chi connectivity index (χ0v) is 12.1. The lowest BCUT2D eigenvalue weighted by Crippen LogP contribution is -2.18. The van der Waals surface area contributed by atoms with Crippen LogP contribution in [0.3, 0.4) is 0 Å². The van der Waals surface area contributed by atoms with Crippen molar-refractivity contribution in [1.82, 2.24) is 10.1 Å². The van der Waals surface area contributed by atoms with Gasteiger partial charge >= 0.3 is 0 Å². The van der Waals surface area contributed by atoms with E-state index in [1.54, 1.807) is 0 Å². The van der Waals surface area contributed by atoms with Gasteiger partial charge in [0.05, 0.1) is 24.2 Å². The summed E-state index contributed by atoms with van der Waals surface area (Å²) in [6.45, 7) is 4.19. The third-order valence-corrected chi connectivity index (χ3v) is 4.86. The SMILES string of the molecule is CCC(C)(CC#N)Cc1nc(C2CC3CCC2O3)no1. The van der Waals surface area contributed by atoms with Gasteiger partial charge in [-0.3, -0.25) is 0 Å². The fourth-order valence-corrected chi connectivity index (χ4v) is 3.27. The van der Waals surface area contributed by atoms with Gasteiger partial charge in [-0.15, -0.1) is 0 Å². The molecule has 4 atom stereocenters. The summed E-state index contributed by atoms with van der Waals surface area (Å²) in [7, 11) is 0. The van der Waals surface area contributed by atoms with Gasteiger partial charge in [0.2, 0.25) is 5.89 Å². The molecule has 3 rings (SSSR count). The summed E-state index contributed by atoms with van der Waals surface area (Å²) in [5.74, 6) is 1.75. The van der Waals surface area contributed by atoms with Crippen LogP contribution in [0.1, 0.15) is 63.6 Å². The molecule has 5 nitrogen and oxygen atoms in total. The summed E-state index contributed by atoms with van der Waals surface area (Å²) >= 11 is 0. The number of aromatic nitrogens is 2. The number of ether oxygens (including phenoxy) is 1. The van der Waals surface area contributed by atoms with Crippen LogP contribution >= 0.6 is 0 Å². The Bertz CT molecular complexity index is 521. The average molecular weight is 275 g/mol. The second kappa shape index (κ2) is 5.17. The van der Waals surface area contributed by atoms with E-state index < -0.39 is 0 Å². The normalized spacial score (nSPS) is 31.1. The lowest BCUT2D eigenvalue weighted by Gasteiger charge is -2.22. The third-order valence-electron chi connectivity index (χ3n) is 4.86. The highest BCUT2D eigenvalue weighted by Crippen LogP contribution is 2.43. The number of hydrogen-bond donors (Lipinski definition) is 0. The van der Waals surface area contributed by atoms with Crippen molar-refractivity contribution in [1.29, 1.82) is 5.26 Å². The molecule has 4 unspecified atom stereocenters. The summed E-state index contributed by atoms with van der Waals surface area (Å²) in [4.78, 5) is 4.56. The first-order valence-electron chi connectivity index (χ1n) is 7.48. The summed E-state index contributed by atoms with van der Waals surface area (Å²) < 4.78 is 11.2. The minimum atomic E-state index is -0.0796. The maximum absolute atomic E-state index is 8.93. The molecular weight excluding hydrogens is 254 g/mol. The number of nitrogens with zero attached hydrogens (tertiary/aromatic N) is 3. The van der Waals surface area contributed by atoms with Crippen LogP contribution in [0.5, 0.6) is 0 Å². The lowest BCUT2D eigenvalue weighted by atomic mass is 9.81. The second-order valence-electron chi connectivity index (χ2n) is 6.44. The van der Waals surface area contributed by atoms with Gasteiger partial charge in [-0.1, -0.05) is 19.0 Å². The fraction of sp³-hybridized carbons (Fsp3) is 0.800. The van der Waals surface area contributed by atoms with E-state index in [2.05, 4.69) is 30.1 Å². The lowest BCUT2D eigenvalue weighted by molar-refractivity contribution is 0.0996. The zero-order chi connectivity index (χ0) is 14.2. The molecule has 108 valence electrons. The Morgan fingerprint density at radius 2 is 2.30 bits per heavy atom. The van der Waals surface area contributed by atoms with Crippen molar-refractivity contribution >= 4 is 0 Å². The van der Waals surface area contributed by atoms with Crippen LogP contribution in [0.4, 0.5) is 0 Å². The Labute approximate surface area is 119 Å². The molecule has 2 saturated heterocycles. The van der Waals surface area contributed by atoms with E-state index >= 15 is 0 Å². The topological polar surface area (TPSA) is 71.9 Å². The first kappa shape index (κ1) is 13.6. The molecule has 2 bridgehead atoms. The monoisotopic (exact) mass is 275 g/mol. The molecule has 0 aliphatic carbocycles. The smallest absolute Gasteiger partial charge is 0.227 e.